The molecule has 2 aromatic rings. The minimum absolute atomic E-state index is 0.00558. The molecule has 32 heavy (non-hydrogen) atoms. The van der Waals surface area contributed by atoms with Crippen LogP contribution < -0.4 is 0 Å². The summed E-state index contributed by atoms with van der Waals surface area (Å²) in [7, 11) is 0. The molecule has 3 rings (SSSR count). The van der Waals surface area contributed by atoms with Gasteiger partial charge in [0.1, 0.15) is 5.60 Å². The van der Waals surface area contributed by atoms with Crippen LogP contribution in [0, 0.1) is 0 Å². The number of nitrogens with zero attached hydrogens (tertiary/aromatic N) is 1. The molecule has 3 atom stereocenters. The first-order valence-electron chi connectivity index (χ1n) is 10.5. The lowest BCUT2D eigenvalue weighted by Crippen LogP contribution is -2.49. The molecule has 0 aromatic heterocycles. The van der Waals surface area contributed by atoms with Gasteiger partial charge in [-0.15, -0.1) is 0 Å². The Morgan fingerprint density at radius 3 is 2.44 bits per heavy atom. The van der Waals surface area contributed by atoms with E-state index in [0.717, 1.165) is 23.6 Å². The van der Waals surface area contributed by atoms with Gasteiger partial charge in [-0.2, -0.15) is 0 Å². The number of fused-ring (bicyclic) bond motifs is 1. The van der Waals surface area contributed by atoms with Gasteiger partial charge in [-0.05, 0) is 67.5 Å². The van der Waals surface area contributed by atoms with E-state index in [2.05, 4.69) is 0 Å². The van der Waals surface area contributed by atoms with Crippen molar-refractivity contribution in [3.05, 3.63) is 68.7 Å². The van der Waals surface area contributed by atoms with Gasteiger partial charge in [-0.3, -0.25) is 4.79 Å². The molecule has 4 nitrogen and oxygen atoms in total. The highest BCUT2D eigenvalue weighted by molar-refractivity contribution is 6.36. The van der Waals surface area contributed by atoms with Gasteiger partial charge in [0.15, 0.2) is 0 Å². The third kappa shape index (κ3) is 5.09. The number of halogens is 4. The molecule has 0 saturated heterocycles. The standard InChI is InChI=1S/C24H27Cl2F2NO3/c1-14-17-6-3-5-15(9-10-24(2,32)23(27)28)18(17)11-16(13-30)29(14)22(31)12-19-20(25)7-4-8-21(19)26/h3-8,14,16,23,30,32H,9-13H2,1-2H3/t14-,16+,24+/m0/s1. The van der Waals surface area contributed by atoms with Crippen LogP contribution in [-0.4, -0.2) is 45.7 Å². The van der Waals surface area contributed by atoms with Crippen molar-refractivity contribution < 1.29 is 23.8 Å². The SMILES string of the molecule is C[C@H]1c2cccc(CC[C@@](C)(O)C(F)F)c2C[C@H](CO)N1C(=O)Cc1c(Cl)cccc1Cl. The maximum atomic E-state index is 13.3. The smallest absolute Gasteiger partial charge is 0.266 e. The summed E-state index contributed by atoms with van der Waals surface area (Å²) in [6.45, 7) is 2.77. The van der Waals surface area contributed by atoms with Gasteiger partial charge >= 0.3 is 0 Å². The van der Waals surface area contributed by atoms with E-state index < -0.39 is 18.1 Å². The second kappa shape index (κ2) is 10.0. The van der Waals surface area contributed by atoms with Gasteiger partial charge in [-0.1, -0.05) is 47.5 Å². The van der Waals surface area contributed by atoms with E-state index >= 15 is 0 Å². The van der Waals surface area contributed by atoms with Gasteiger partial charge in [0, 0.05) is 10.0 Å². The van der Waals surface area contributed by atoms with Crippen LogP contribution >= 0.6 is 23.2 Å². The molecule has 174 valence electrons. The first kappa shape index (κ1) is 24.9. The third-order valence-corrected chi connectivity index (χ3v) is 6.98. The molecule has 0 bridgehead atoms. The number of aliphatic hydroxyl groups is 2. The summed E-state index contributed by atoms with van der Waals surface area (Å²) in [5.41, 5.74) is 1.15. The van der Waals surface area contributed by atoms with E-state index in [1.165, 1.54) is 0 Å². The summed E-state index contributed by atoms with van der Waals surface area (Å²) in [5.74, 6) is -0.205. The molecule has 1 heterocycles. The molecule has 8 heteroatoms. The molecule has 0 unspecified atom stereocenters. The maximum absolute atomic E-state index is 13.3. The summed E-state index contributed by atoms with van der Waals surface area (Å²) >= 11 is 12.5. The van der Waals surface area contributed by atoms with Crippen LogP contribution in [0.2, 0.25) is 10.0 Å². The average molecular weight is 486 g/mol. The highest BCUT2D eigenvalue weighted by Crippen LogP contribution is 2.37. The number of aliphatic hydroxyl groups excluding tert-OH is 1. The number of rotatable bonds is 7. The molecule has 1 amide bonds. The number of alkyl halides is 2. The number of carbonyl (C=O) groups is 1. The second-order valence-corrected chi connectivity index (χ2v) is 9.35. The highest BCUT2D eigenvalue weighted by Gasteiger charge is 2.37. The lowest BCUT2D eigenvalue weighted by Gasteiger charge is -2.42. The monoisotopic (exact) mass is 485 g/mol. The number of hydrogen-bond donors (Lipinski definition) is 2. The minimum Gasteiger partial charge on any atom is -0.394 e. The topological polar surface area (TPSA) is 60.8 Å². The van der Waals surface area contributed by atoms with Crippen molar-refractivity contribution in [1.82, 2.24) is 4.90 Å². The van der Waals surface area contributed by atoms with Crippen LogP contribution in [0.1, 0.15) is 48.6 Å². The van der Waals surface area contributed by atoms with Gasteiger partial charge in [0.05, 0.1) is 25.1 Å². The zero-order valence-corrected chi connectivity index (χ0v) is 19.5. The van der Waals surface area contributed by atoms with Gasteiger partial charge < -0.3 is 15.1 Å². The summed E-state index contributed by atoms with van der Waals surface area (Å²) < 4.78 is 26.1. The summed E-state index contributed by atoms with van der Waals surface area (Å²) in [6, 6.07) is 9.84. The number of hydrogen-bond acceptors (Lipinski definition) is 3. The lowest BCUT2D eigenvalue weighted by atomic mass is 9.83. The molecule has 0 spiro atoms. The molecule has 0 radical (unpaired) electrons. The Balaban J connectivity index is 1.88. The first-order valence-corrected chi connectivity index (χ1v) is 11.3. The van der Waals surface area contributed by atoms with Crippen LogP contribution in [0.15, 0.2) is 36.4 Å². The minimum atomic E-state index is -2.84. The Morgan fingerprint density at radius 1 is 1.22 bits per heavy atom. The Morgan fingerprint density at radius 2 is 1.84 bits per heavy atom. The highest BCUT2D eigenvalue weighted by atomic mass is 35.5. The number of carbonyl (C=O) groups excluding carboxylic acids is 1. The molecule has 2 N–H and O–H groups in total. The molecule has 1 aliphatic heterocycles. The Kier molecular flexibility index (Phi) is 7.81. The quantitative estimate of drug-likeness (QED) is 0.580. The molecule has 1 aliphatic rings. The van der Waals surface area contributed by atoms with Crippen molar-refractivity contribution in [1.29, 1.82) is 0 Å². The summed E-state index contributed by atoms with van der Waals surface area (Å²) in [4.78, 5) is 14.9. The van der Waals surface area contributed by atoms with Gasteiger partial charge in [-0.25, -0.2) is 8.78 Å². The van der Waals surface area contributed by atoms with E-state index in [1.54, 1.807) is 23.1 Å². The van der Waals surface area contributed by atoms with E-state index in [-0.39, 0.29) is 37.8 Å². The van der Waals surface area contributed by atoms with E-state index in [0.29, 0.717) is 22.0 Å². The fraction of sp³-hybridized carbons (Fsp3) is 0.458. The average Bonchev–Trinajstić information content (AvgIpc) is 2.74. The fourth-order valence-electron chi connectivity index (χ4n) is 4.34. The van der Waals surface area contributed by atoms with Crippen LogP contribution in [0.5, 0.6) is 0 Å². The predicted octanol–water partition coefficient (Wildman–Crippen LogP) is 4.99. The zero-order valence-electron chi connectivity index (χ0n) is 18.0. The fourth-order valence-corrected chi connectivity index (χ4v) is 4.87. The maximum Gasteiger partial charge on any atom is 0.266 e. The zero-order chi connectivity index (χ0) is 23.6. The number of aryl methyl sites for hydroxylation is 1. The van der Waals surface area contributed by atoms with E-state index in [1.807, 2.05) is 25.1 Å². The normalized spacial score (nSPS) is 20.2. The molecule has 0 fully saturated rings. The number of amides is 1. The molecule has 2 aromatic carbocycles. The van der Waals surface area contributed by atoms with E-state index in [4.69, 9.17) is 23.2 Å². The van der Waals surface area contributed by atoms with Crippen LogP contribution in [0.4, 0.5) is 8.78 Å². The molecular formula is C24H27Cl2F2NO3. The largest absolute Gasteiger partial charge is 0.394 e. The predicted molar refractivity (Wildman–Crippen MR) is 121 cm³/mol. The summed E-state index contributed by atoms with van der Waals surface area (Å²) in [6.07, 6.45) is -2.26. The molecule has 0 aliphatic carbocycles. The van der Waals surface area contributed by atoms with Crippen LogP contribution in [0.3, 0.4) is 0 Å². The van der Waals surface area contributed by atoms with Crippen molar-refractivity contribution in [2.75, 3.05) is 6.61 Å². The van der Waals surface area contributed by atoms with Crippen LogP contribution in [-0.2, 0) is 24.1 Å². The second-order valence-electron chi connectivity index (χ2n) is 8.54. The Labute approximate surface area is 196 Å². The van der Waals surface area contributed by atoms with Gasteiger partial charge in [0.25, 0.3) is 6.43 Å². The van der Waals surface area contributed by atoms with Crippen molar-refractivity contribution >= 4 is 29.1 Å². The lowest BCUT2D eigenvalue weighted by molar-refractivity contribution is -0.137. The molecular weight excluding hydrogens is 459 g/mol. The Hall–Kier alpha value is -1.73. The van der Waals surface area contributed by atoms with Crippen molar-refractivity contribution in [2.24, 2.45) is 0 Å². The van der Waals surface area contributed by atoms with Crippen molar-refractivity contribution in [3.63, 3.8) is 0 Å². The summed E-state index contributed by atoms with van der Waals surface area (Å²) in [5, 5.41) is 20.8. The van der Waals surface area contributed by atoms with Gasteiger partial charge in [0.2, 0.25) is 5.91 Å². The third-order valence-electron chi connectivity index (χ3n) is 6.27. The first-order chi connectivity index (χ1) is 15.1. The van der Waals surface area contributed by atoms with Crippen molar-refractivity contribution in [3.8, 4) is 0 Å². The number of benzene rings is 2. The van der Waals surface area contributed by atoms with Crippen molar-refractivity contribution in [2.45, 2.75) is 63.6 Å². The Bertz CT molecular complexity index is 963. The van der Waals surface area contributed by atoms with E-state index in [9.17, 15) is 23.8 Å². The molecule has 0 saturated carbocycles. The van der Waals surface area contributed by atoms with Crippen LogP contribution in [0.25, 0.3) is 0 Å².